The van der Waals surface area contributed by atoms with Crippen molar-refractivity contribution in [2.75, 3.05) is 4.72 Å². The SMILES string of the molecule is O=S(=O)(Nc1cc(-c2ccco2)nc2c(C(F)(F)F)cnn12)c1cccnc1. The first-order valence-electron chi connectivity index (χ1n) is 7.68. The quantitative estimate of drug-likeness (QED) is 0.555. The van der Waals surface area contributed by atoms with E-state index in [9.17, 15) is 21.6 Å². The van der Waals surface area contributed by atoms with Gasteiger partial charge >= 0.3 is 6.18 Å². The van der Waals surface area contributed by atoms with Crippen molar-refractivity contribution in [3.63, 3.8) is 0 Å². The van der Waals surface area contributed by atoms with E-state index in [2.05, 4.69) is 19.8 Å². The van der Waals surface area contributed by atoms with Gasteiger partial charge in [-0.2, -0.15) is 22.8 Å². The van der Waals surface area contributed by atoms with Crippen molar-refractivity contribution >= 4 is 21.5 Å². The van der Waals surface area contributed by atoms with Crippen molar-refractivity contribution < 1.29 is 26.0 Å². The summed E-state index contributed by atoms with van der Waals surface area (Å²) in [6.07, 6.45) is -0.325. The predicted octanol–water partition coefficient (Wildman–Crippen LogP) is 3.20. The summed E-state index contributed by atoms with van der Waals surface area (Å²) in [5, 5.41) is 3.65. The standard InChI is InChI=1S/C16H10F3N5O3S/c17-16(18,19)11-9-21-24-14(23-28(25,26)10-3-1-5-20-8-10)7-12(22-15(11)24)13-4-2-6-27-13/h1-9,23H. The summed E-state index contributed by atoms with van der Waals surface area (Å²) in [6, 6.07) is 6.96. The maximum atomic E-state index is 13.3. The lowest BCUT2D eigenvalue weighted by molar-refractivity contribution is -0.136. The Morgan fingerprint density at radius 2 is 1.96 bits per heavy atom. The zero-order valence-electron chi connectivity index (χ0n) is 13.8. The van der Waals surface area contributed by atoms with E-state index < -0.39 is 27.4 Å². The molecule has 0 atom stereocenters. The van der Waals surface area contributed by atoms with E-state index in [1.807, 2.05) is 0 Å². The molecule has 0 aliphatic carbocycles. The first kappa shape index (κ1) is 18.0. The van der Waals surface area contributed by atoms with E-state index in [-0.39, 0.29) is 22.2 Å². The summed E-state index contributed by atoms with van der Waals surface area (Å²) in [6.45, 7) is 0. The number of sulfonamides is 1. The van der Waals surface area contributed by atoms with Crippen LogP contribution in [-0.2, 0) is 16.2 Å². The van der Waals surface area contributed by atoms with Gasteiger partial charge in [0.25, 0.3) is 10.0 Å². The average molecular weight is 409 g/mol. The van der Waals surface area contributed by atoms with Crippen LogP contribution in [0.25, 0.3) is 17.1 Å². The number of anilines is 1. The highest BCUT2D eigenvalue weighted by Gasteiger charge is 2.36. The second kappa shape index (κ2) is 6.34. The third-order valence-corrected chi connectivity index (χ3v) is 5.07. The first-order chi connectivity index (χ1) is 13.3. The van der Waals surface area contributed by atoms with Gasteiger partial charge < -0.3 is 4.42 Å². The molecule has 0 saturated carbocycles. The van der Waals surface area contributed by atoms with Crippen LogP contribution in [0, 0.1) is 0 Å². The number of nitrogens with one attached hydrogen (secondary N) is 1. The molecule has 0 fully saturated rings. The normalized spacial score (nSPS) is 12.4. The van der Waals surface area contributed by atoms with Crippen molar-refractivity contribution in [2.45, 2.75) is 11.1 Å². The van der Waals surface area contributed by atoms with E-state index in [0.717, 1.165) is 10.7 Å². The molecule has 144 valence electrons. The summed E-state index contributed by atoms with van der Waals surface area (Å²) in [5.74, 6) is -0.0746. The molecule has 28 heavy (non-hydrogen) atoms. The van der Waals surface area contributed by atoms with Gasteiger partial charge in [-0.15, -0.1) is 0 Å². The van der Waals surface area contributed by atoms with E-state index in [1.54, 1.807) is 0 Å². The number of halogens is 3. The minimum absolute atomic E-state index is 0.00684. The molecule has 0 amide bonds. The highest BCUT2D eigenvalue weighted by Crippen LogP contribution is 2.34. The molecular weight excluding hydrogens is 399 g/mol. The molecule has 8 nitrogen and oxygen atoms in total. The fourth-order valence-corrected chi connectivity index (χ4v) is 3.48. The van der Waals surface area contributed by atoms with Gasteiger partial charge in [-0.25, -0.2) is 13.4 Å². The van der Waals surface area contributed by atoms with Gasteiger partial charge in [-0.3, -0.25) is 9.71 Å². The summed E-state index contributed by atoms with van der Waals surface area (Å²) >= 11 is 0. The molecule has 4 rings (SSSR count). The number of nitrogens with zero attached hydrogens (tertiary/aromatic N) is 4. The van der Waals surface area contributed by atoms with Crippen LogP contribution >= 0.6 is 0 Å². The van der Waals surface area contributed by atoms with Gasteiger partial charge in [0.05, 0.1) is 12.5 Å². The third-order valence-electron chi connectivity index (χ3n) is 3.73. The third kappa shape index (κ3) is 3.17. The van der Waals surface area contributed by atoms with Gasteiger partial charge in [0.15, 0.2) is 11.4 Å². The topological polar surface area (TPSA) is 102 Å². The van der Waals surface area contributed by atoms with Crippen LogP contribution in [0.1, 0.15) is 5.56 Å². The van der Waals surface area contributed by atoms with E-state index in [1.165, 1.54) is 42.8 Å². The van der Waals surface area contributed by atoms with Crippen molar-refractivity contribution in [3.05, 3.63) is 60.7 Å². The fourth-order valence-electron chi connectivity index (χ4n) is 2.49. The molecule has 0 spiro atoms. The highest BCUT2D eigenvalue weighted by molar-refractivity contribution is 7.92. The Bertz CT molecular complexity index is 1240. The summed E-state index contributed by atoms with van der Waals surface area (Å²) in [7, 11) is -4.13. The molecular formula is C16H10F3N5O3S. The molecule has 1 N–H and O–H groups in total. The molecule has 0 radical (unpaired) electrons. The Kier molecular flexibility index (Phi) is 4.07. The zero-order valence-corrected chi connectivity index (χ0v) is 14.6. The lowest BCUT2D eigenvalue weighted by Crippen LogP contribution is -2.16. The molecule has 0 aromatic carbocycles. The zero-order chi connectivity index (χ0) is 19.9. The largest absolute Gasteiger partial charge is 0.463 e. The molecule has 12 heteroatoms. The molecule has 4 heterocycles. The fraction of sp³-hybridized carbons (Fsp3) is 0.0625. The van der Waals surface area contributed by atoms with Crippen LogP contribution in [0.15, 0.2) is 64.5 Å². The smallest absolute Gasteiger partial charge is 0.421 e. The summed E-state index contributed by atoms with van der Waals surface area (Å²) < 4.78 is 73.2. The number of pyridine rings is 1. The molecule has 4 aromatic heterocycles. The maximum Gasteiger partial charge on any atom is 0.421 e. The Balaban J connectivity index is 1.91. The number of aromatic nitrogens is 4. The van der Waals surface area contributed by atoms with Crippen molar-refractivity contribution in [2.24, 2.45) is 0 Å². The number of hydrogen-bond donors (Lipinski definition) is 1. The molecule has 0 unspecified atom stereocenters. The second-order valence-corrected chi connectivity index (χ2v) is 7.27. The Morgan fingerprint density at radius 1 is 1.14 bits per heavy atom. The van der Waals surface area contributed by atoms with Crippen LogP contribution in [0.5, 0.6) is 0 Å². The van der Waals surface area contributed by atoms with Crippen LogP contribution < -0.4 is 4.72 Å². The van der Waals surface area contributed by atoms with E-state index >= 15 is 0 Å². The number of hydrogen-bond acceptors (Lipinski definition) is 6. The maximum absolute atomic E-state index is 13.3. The Hall–Kier alpha value is -3.41. The minimum Gasteiger partial charge on any atom is -0.463 e. The molecule has 0 aliphatic heterocycles. The van der Waals surface area contributed by atoms with Gasteiger partial charge in [0.2, 0.25) is 0 Å². The number of furan rings is 1. The molecule has 0 aliphatic rings. The van der Waals surface area contributed by atoms with Gasteiger partial charge in [-0.1, -0.05) is 0 Å². The minimum atomic E-state index is -4.73. The van der Waals surface area contributed by atoms with E-state index in [0.29, 0.717) is 6.20 Å². The van der Waals surface area contributed by atoms with Crippen molar-refractivity contribution in [1.29, 1.82) is 0 Å². The van der Waals surface area contributed by atoms with Crippen molar-refractivity contribution in [1.82, 2.24) is 19.6 Å². The molecule has 0 bridgehead atoms. The van der Waals surface area contributed by atoms with Crippen molar-refractivity contribution in [3.8, 4) is 11.5 Å². The summed E-state index contributed by atoms with van der Waals surface area (Å²) in [5.41, 5.74) is -1.67. The van der Waals surface area contributed by atoms with Crippen LogP contribution in [-0.4, -0.2) is 28.0 Å². The van der Waals surface area contributed by atoms with Crippen LogP contribution in [0.4, 0.5) is 19.0 Å². The van der Waals surface area contributed by atoms with Gasteiger partial charge in [0, 0.05) is 18.5 Å². The molecule has 0 saturated heterocycles. The first-order valence-corrected chi connectivity index (χ1v) is 9.17. The predicted molar refractivity (Wildman–Crippen MR) is 90.7 cm³/mol. The number of fused-ring (bicyclic) bond motifs is 1. The van der Waals surface area contributed by atoms with Gasteiger partial charge in [-0.05, 0) is 24.3 Å². The van der Waals surface area contributed by atoms with Gasteiger partial charge in [0.1, 0.15) is 22.0 Å². The monoisotopic (exact) mass is 409 g/mol. The lowest BCUT2D eigenvalue weighted by atomic mass is 10.3. The Labute approximate surface area is 155 Å². The lowest BCUT2D eigenvalue weighted by Gasteiger charge is -2.11. The molecule has 4 aromatic rings. The number of rotatable bonds is 4. The van der Waals surface area contributed by atoms with Crippen LogP contribution in [0.2, 0.25) is 0 Å². The second-order valence-electron chi connectivity index (χ2n) is 5.59. The highest BCUT2D eigenvalue weighted by atomic mass is 32.2. The Morgan fingerprint density at radius 3 is 2.61 bits per heavy atom. The number of alkyl halides is 3. The van der Waals surface area contributed by atoms with E-state index in [4.69, 9.17) is 4.42 Å². The van der Waals surface area contributed by atoms with Crippen LogP contribution in [0.3, 0.4) is 0 Å². The summed E-state index contributed by atoms with van der Waals surface area (Å²) in [4.78, 5) is 7.51. The average Bonchev–Trinajstić information content (AvgIpc) is 3.31.